The third-order valence-electron chi connectivity index (χ3n) is 5.69. The van der Waals surface area contributed by atoms with Crippen molar-refractivity contribution in [1.29, 1.82) is 0 Å². The van der Waals surface area contributed by atoms with Crippen LogP contribution in [-0.2, 0) is 9.53 Å². The van der Waals surface area contributed by atoms with Crippen molar-refractivity contribution in [2.45, 2.75) is 25.3 Å². The largest absolute Gasteiger partial charge is 0.493 e. The fourth-order valence-electron chi connectivity index (χ4n) is 4.35. The normalized spacial score (nSPS) is 21.4. The van der Waals surface area contributed by atoms with Crippen LogP contribution in [0.2, 0.25) is 0 Å². The zero-order valence-electron chi connectivity index (χ0n) is 17.5. The molecule has 30 heavy (non-hydrogen) atoms. The van der Waals surface area contributed by atoms with E-state index < -0.39 is 0 Å². The Labute approximate surface area is 176 Å². The third kappa shape index (κ3) is 4.00. The summed E-state index contributed by atoms with van der Waals surface area (Å²) in [5, 5.41) is 3.71. The van der Waals surface area contributed by atoms with Gasteiger partial charge in [0.25, 0.3) is 0 Å². The highest BCUT2D eigenvalue weighted by Crippen LogP contribution is 2.51. The first-order valence-corrected chi connectivity index (χ1v) is 10.2. The predicted octanol–water partition coefficient (Wildman–Crippen LogP) is 4.47. The van der Waals surface area contributed by atoms with E-state index in [0.29, 0.717) is 36.5 Å². The Morgan fingerprint density at radius 3 is 2.73 bits per heavy atom. The molecule has 158 valence electrons. The lowest BCUT2D eigenvalue weighted by molar-refractivity contribution is -0.132. The van der Waals surface area contributed by atoms with Crippen molar-refractivity contribution in [3.8, 4) is 17.2 Å². The molecular weight excluding hydrogens is 382 g/mol. The summed E-state index contributed by atoms with van der Waals surface area (Å²) in [6, 6.07) is 12.1. The highest BCUT2D eigenvalue weighted by Gasteiger charge is 2.38. The van der Waals surface area contributed by atoms with Crippen molar-refractivity contribution in [1.82, 2.24) is 0 Å². The van der Waals surface area contributed by atoms with Gasteiger partial charge >= 0.3 is 5.97 Å². The second kappa shape index (κ2) is 8.79. The van der Waals surface area contributed by atoms with E-state index in [4.69, 9.17) is 18.9 Å². The van der Waals surface area contributed by atoms with Crippen LogP contribution < -0.4 is 19.5 Å². The van der Waals surface area contributed by atoms with Crippen molar-refractivity contribution in [3.05, 3.63) is 59.7 Å². The molecule has 0 fully saturated rings. The van der Waals surface area contributed by atoms with Gasteiger partial charge in [-0.2, -0.15) is 0 Å². The number of methoxy groups -OCH3 is 2. The maximum Gasteiger partial charge on any atom is 0.308 e. The van der Waals surface area contributed by atoms with Crippen molar-refractivity contribution in [2.24, 2.45) is 5.92 Å². The molecule has 1 aliphatic carbocycles. The van der Waals surface area contributed by atoms with Crippen LogP contribution in [0.25, 0.3) is 0 Å². The highest BCUT2D eigenvalue weighted by atomic mass is 16.6. The zero-order chi connectivity index (χ0) is 21.1. The van der Waals surface area contributed by atoms with Crippen molar-refractivity contribution in [3.63, 3.8) is 0 Å². The second-order valence-electron chi connectivity index (χ2n) is 7.57. The summed E-state index contributed by atoms with van der Waals surface area (Å²) < 4.78 is 21.6. The topological polar surface area (TPSA) is 66.0 Å². The molecule has 0 radical (unpaired) electrons. The summed E-state index contributed by atoms with van der Waals surface area (Å²) >= 11 is 0. The standard InChI is InChI=1S/C24H27NO5/c1-15(26)30-22-10-7-16(13-23(22)28-3)24-19-6-4-5-18(19)20-14-17(29-12-11-27-2)8-9-21(20)25-24/h4-5,7-10,13-14,18-19,24-25H,6,11-12H2,1-3H3. The quantitative estimate of drug-likeness (QED) is 0.315. The van der Waals surface area contributed by atoms with E-state index in [1.54, 1.807) is 20.3 Å². The lowest BCUT2D eigenvalue weighted by Crippen LogP contribution is -2.29. The van der Waals surface area contributed by atoms with E-state index >= 15 is 0 Å². The van der Waals surface area contributed by atoms with Crippen molar-refractivity contribution >= 4 is 11.7 Å². The van der Waals surface area contributed by atoms with Gasteiger partial charge in [0.1, 0.15) is 12.4 Å². The Hall–Kier alpha value is -2.99. The first-order chi connectivity index (χ1) is 14.6. The Kier molecular flexibility index (Phi) is 5.95. The molecule has 2 aromatic carbocycles. The summed E-state index contributed by atoms with van der Waals surface area (Å²) in [6.45, 7) is 2.48. The Morgan fingerprint density at radius 1 is 1.10 bits per heavy atom. The van der Waals surface area contributed by atoms with E-state index in [9.17, 15) is 4.79 Å². The van der Waals surface area contributed by atoms with Gasteiger partial charge in [0, 0.05) is 25.6 Å². The lowest BCUT2D eigenvalue weighted by atomic mass is 9.77. The summed E-state index contributed by atoms with van der Waals surface area (Å²) in [5.41, 5.74) is 3.46. The Morgan fingerprint density at radius 2 is 1.97 bits per heavy atom. The maximum atomic E-state index is 11.3. The molecule has 6 heteroatoms. The Balaban J connectivity index is 1.62. The number of carbonyl (C=O) groups is 1. The summed E-state index contributed by atoms with van der Waals surface area (Å²) in [7, 11) is 3.25. The molecule has 3 atom stereocenters. The first kappa shape index (κ1) is 20.3. The lowest BCUT2D eigenvalue weighted by Gasteiger charge is -2.37. The predicted molar refractivity (Wildman–Crippen MR) is 114 cm³/mol. The van der Waals surface area contributed by atoms with E-state index in [-0.39, 0.29) is 12.0 Å². The van der Waals surface area contributed by atoms with Gasteiger partial charge in [-0.15, -0.1) is 0 Å². The number of hydrogen-bond acceptors (Lipinski definition) is 6. The van der Waals surface area contributed by atoms with E-state index in [1.165, 1.54) is 12.5 Å². The summed E-state index contributed by atoms with van der Waals surface area (Å²) in [5.74, 6) is 2.18. The number of allylic oxidation sites excluding steroid dienone is 2. The fraction of sp³-hybridized carbons (Fsp3) is 0.375. The molecule has 0 saturated heterocycles. The molecule has 4 rings (SSSR count). The van der Waals surface area contributed by atoms with Crippen LogP contribution in [0.3, 0.4) is 0 Å². The van der Waals surface area contributed by atoms with Crippen LogP contribution in [0, 0.1) is 5.92 Å². The van der Waals surface area contributed by atoms with Gasteiger partial charge in [0.2, 0.25) is 0 Å². The number of rotatable bonds is 7. The molecule has 0 spiro atoms. The SMILES string of the molecule is COCCOc1ccc2c(c1)C1C=CCC1C(c1ccc(OC(C)=O)c(OC)c1)N2. The first-order valence-electron chi connectivity index (χ1n) is 10.2. The third-order valence-corrected chi connectivity index (χ3v) is 5.69. The molecule has 6 nitrogen and oxygen atoms in total. The number of ether oxygens (including phenoxy) is 4. The van der Waals surface area contributed by atoms with Crippen LogP contribution in [-0.4, -0.2) is 33.4 Å². The van der Waals surface area contributed by atoms with E-state index in [2.05, 4.69) is 29.6 Å². The smallest absolute Gasteiger partial charge is 0.308 e. The minimum Gasteiger partial charge on any atom is -0.493 e. The molecule has 0 saturated carbocycles. The average Bonchev–Trinajstić information content (AvgIpc) is 3.24. The number of anilines is 1. The summed E-state index contributed by atoms with van der Waals surface area (Å²) in [6.07, 6.45) is 5.54. The molecule has 3 unspecified atom stereocenters. The zero-order valence-corrected chi connectivity index (χ0v) is 17.5. The van der Waals surface area contributed by atoms with E-state index in [0.717, 1.165) is 23.4 Å². The van der Waals surface area contributed by atoms with Crippen molar-refractivity contribution in [2.75, 3.05) is 32.8 Å². The molecule has 2 aliphatic rings. The van der Waals surface area contributed by atoms with E-state index in [1.807, 2.05) is 18.2 Å². The van der Waals surface area contributed by atoms with Gasteiger partial charge in [-0.05, 0) is 53.8 Å². The second-order valence-corrected chi connectivity index (χ2v) is 7.57. The highest BCUT2D eigenvalue weighted by molar-refractivity contribution is 5.70. The number of fused-ring (bicyclic) bond motifs is 3. The van der Waals surface area contributed by atoms with Crippen LogP contribution >= 0.6 is 0 Å². The number of esters is 1. The Bertz CT molecular complexity index is 955. The number of benzene rings is 2. The molecule has 1 N–H and O–H groups in total. The molecule has 0 aromatic heterocycles. The fourth-order valence-corrected chi connectivity index (χ4v) is 4.35. The van der Waals surface area contributed by atoms with Gasteiger partial charge in [-0.1, -0.05) is 18.2 Å². The van der Waals surface area contributed by atoms with Gasteiger partial charge in [0.15, 0.2) is 11.5 Å². The van der Waals surface area contributed by atoms with Gasteiger partial charge < -0.3 is 24.3 Å². The average molecular weight is 409 g/mol. The van der Waals surface area contributed by atoms with Crippen molar-refractivity contribution < 1.29 is 23.7 Å². The molecule has 1 aliphatic heterocycles. The number of nitrogens with one attached hydrogen (secondary N) is 1. The minimum absolute atomic E-state index is 0.123. The van der Waals surface area contributed by atoms with Crippen LogP contribution in [0.5, 0.6) is 17.2 Å². The maximum absolute atomic E-state index is 11.3. The molecule has 2 aromatic rings. The van der Waals surface area contributed by atoms with Crippen LogP contribution in [0.4, 0.5) is 5.69 Å². The molecule has 1 heterocycles. The number of carbonyl (C=O) groups excluding carboxylic acids is 1. The van der Waals surface area contributed by atoms with Crippen LogP contribution in [0.1, 0.15) is 36.4 Å². The van der Waals surface area contributed by atoms with Gasteiger partial charge in [0.05, 0.1) is 19.8 Å². The minimum atomic E-state index is -0.366. The molecule has 0 bridgehead atoms. The summed E-state index contributed by atoms with van der Waals surface area (Å²) in [4.78, 5) is 11.3. The monoisotopic (exact) mass is 409 g/mol. The number of hydrogen-bond donors (Lipinski definition) is 1. The van der Waals surface area contributed by atoms with Gasteiger partial charge in [-0.3, -0.25) is 4.79 Å². The molecule has 0 amide bonds. The van der Waals surface area contributed by atoms with Crippen LogP contribution in [0.15, 0.2) is 48.6 Å². The molecular formula is C24H27NO5. The van der Waals surface area contributed by atoms with Gasteiger partial charge in [-0.25, -0.2) is 0 Å².